The highest BCUT2D eigenvalue weighted by molar-refractivity contribution is 7.18. The summed E-state index contributed by atoms with van der Waals surface area (Å²) < 4.78 is 0. The van der Waals surface area contributed by atoms with Gasteiger partial charge in [0.2, 0.25) is 5.13 Å². The molecule has 0 saturated carbocycles. The summed E-state index contributed by atoms with van der Waals surface area (Å²) in [5.41, 5.74) is 9.93. The molecule has 0 saturated heterocycles. The molecule has 0 unspecified atom stereocenters. The number of aromatic nitrogens is 4. The molecule has 27 heavy (non-hydrogen) atoms. The topological polar surface area (TPSA) is 94.1 Å². The lowest BCUT2D eigenvalue weighted by Crippen LogP contribution is -2.64. The van der Waals surface area contributed by atoms with Gasteiger partial charge in [-0.1, -0.05) is 41.2 Å². The van der Waals surface area contributed by atoms with Crippen molar-refractivity contribution in [3.05, 3.63) is 59.3 Å². The summed E-state index contributed by atoms with van der Waals surface area (Å²) in [6, 6.07) is 15.1. The van der Waals surface area contributed by atoms with Gasteiger partial charge in [0.05, 0.1) is 12.1 Å². The summed E-state index contributed by atoms with van der Waals surface area (Å²) in [5, 5.41) is 22.1. The maximum atomic E-state index is 4.33. The van der Waals surface area contributed by atoms with E-state index < -0.39 is 0 Å². The van der Waals surface area contributed by atoms with Crippen molar-refractivity contribution in [3.63, 3.8) is 0 Å². The van der Waals surface area contributed by atoms with E-state index in [-0.39, 0.29) is 6.04 Å². The predicted octanol–water partition coefficient (Wildman–Crippen LogP) is 2.96. The van der Waals surface area contributed by atoms with Crippen LogP contribution in [-0.2, 0) is 6.42 Å². The van der Waals surface area contributed by atoms with Gasteiger partial charge in [-0.3, -0.25) is 5.10 Å². The molecule has 138 valence electrons. The fourth-order valence-corrected chi connectivity index (χ4v) is 3.79. The highest BCUT2D eigenvalue weighted by Crippen LogP contribution is 2.29. The van der Waals surface area contributed by atoms with Crippen molar-refractivity contribution < 1.29 is 5.73 Å². The molecule has 6 nitrogen and oxygen atoms in total. The van der Waals surface area contributed by atoms with Gasteiger partial charge >= 0.3 is 0 Å². The first-order chi connectivity index (χ1) is 13.1. The van der Waals surface area contributed by atoms with Gasteiger partial charge in [0.1, 0.15) is 11.0 Å². The van der Waals surface area contributed by atoms with Gasteiger partial charge < -0.3 is 11.1 Å². The van der Waals surface area contributed by atoms with Crippen LogP contribution in [0.3, 0.4) is 0 Å². The molecule has 4 rings (SSSR count). The summed E-state index contributed by atoms with van der Waals surface area (Å²) in [6.07, 6.45) is 0.940. The SMILES string of the molecule is Cc1ccc(C[C@H]([NH3+])CNc2nnc(-c3ccc4n[nH]c(C)c4c3)s2)cc1. The molecule has 4 aromatic rings. The molecule has 5 N–H and O–H groups in total. The first kappa shape index (κ1) is 17.6. The van der Waals surface area contributed by atoms with E-state index in [1.807, 2.05) is 19.1 Å². The Morgan fingerprint density at radius 1 is 1.11 bits per heavy atom. The van der Waals surface area contributed by atoms with Gasteiger partial charge in [-0.05, 0) is 37.6 Å². The molecule has 1 atom stereocenters. The highest BCUT2D eigenvalue weighted by Gasteiger charge is 2.12. The summed E-state index contributed by atoms with van der Waals surface area (Å²) in [5.74, 6) is 0. The van der Waals surface area contributed by atoms with Crippen molar-refractivity contribution in [1.29, 1.82) is 0 Å². The van der Waals surface area contributed by atoms with Gasteiger partial charge in [-0.2, -0.15) is 5.10 Å². The lowest BCUT2D eigenvalue weighted by Gasteiger charge is -2.09. The second-order valence-electron chi connectivity index (χ2n) is 6.93. The van der Waals surface area contributed by atoms with Crippen LogP contribution in [0.15, 0.2) is 42.5 Å². The van der Waals surface area contributed by atoms with Crippen LogP contribution < -0.4 is 11.1 Å². The molecule has 2 aromatic heterocycles. The third kappa shape index (κ3) is 3.99. The molecule has 0 spiro atoms. The largest absolute Gasteiger partial charge is 0.354 e. The third-order valence-electron chi connectivity index (χ3n) is 4.60. The Bertz CT molecular complexity index is 1050. The molecule has 0 radical (unpaired) electrons. The maximum absolute atomic E-state index is 4.33. The lowest BCUT2D eigenvalue weighted by atomic mass is 10.1. The van der Waals surface area contributed by atoms with E-state index in [1.54, 1.807) is 11.3 Å². The molecule has 0 aliphatic rings. The summed E-state index contributed by atoms with van der Waals surface area (Å²) in [4.78, 5) is 0. The Morgan fingerprint density at radius 3 is 2.74 bits per heavy atom. The van der Waals surface area contributed by atoms with Gasteiger partial charge in [-0.15, -0.1) is 10.2 Å². The first-order valence-electron chi connectivity index (χ1n) is 8.99. The lowest BCUT2D eigenvalue weighted by molar-refractivity contribution is -0.414. The number of rotatable bonds is 6. The fourth-order valence-electron chi connectivity index (χ4n) is 3.04. The molecule has 0 fully saturated rings. The number of fused-ring (bicyclic) bond motifs is 1. The number of H-pyrrole nitrogens is 1. The number of aryl methyl sites for hydroxylation is 2. The van der Waals surface area contributed by atoms with Crippen molar-refractivity contribution in [2.45, 2.75) is 26.3 Å². The number of benzene rings is 2. The zero-order valence-corrected chi connectivity index (χ0v) is 16.3. The molecule has 2 heterocycles. The molecule has 0 aliphatic carbocycles. The van der Waals surface area contributed by atoms with Gasteiger partial charge in [-0.25, -0.2) is 0 Å². The Labute approximate surface area is 161 Å². The molecular formula is C20H23N6S+. The first-order valence-corrected chi connectivity index (χ1v) is 9.81. The van der Waals surface area contributed by atoms with Crippen molar-refractivity contribution in [2.24, 2.45) is 0 Å². The second kappa shape index (κ2) is 7.46. The van der Waals surface area contributed by atoms with Gasteiger partial charge in [0.15, 0.2) is 0 Å². The van der Waals surface area contributed by atoms with E-state index in [9.17, 15) is 0 Å². The number of hydrogen-bond donors (Lipinski definition) is 3. The minimum atomic E-state index is 0.269. The van der Waals surface area contributed by atoms with Crippen molar-refractivity contribution in [3.8, 4) is 10.6 Å². The zero-order chi connectivity index (χ0) is 18.8. The molecule has 0 aliphatic heterocycles. The van der Waals surface area contributed by atoms with Crippen molar-refractivity contribution in [2.75, 3.05) is 11.9 Å². The number of quaternary nitrogens is 1. The normalized spacial score (nSPS) is 12.4. The standard InChI is InChI=1S/C20H22N6S/c1-12-3-5-14(6-4-12)9-16(21)11-22-20-26-25-19(27-20)15-7-8-18-17(10-15)13(2)23-24-18/h3-8,10,16H,9,11,21H2,1-2H3,(H,22,26)(H,23,24)/p+1/t16-/m0/s1. The minimum absolute atomic E-state index is 0.269. The van der Waals surface area contributed by atoms with Crippen LogP contribution >= 0.6 is 11.3 Å². The predicted molar refractivity (Wildman–Crippen MR) is 110 cm³/mol. The van der Waals surface area contributed by atoms with Crippen LogP contribution in [0.2, 0.25) is 0 Å². The molecule has 0 amide bonds. The highest BCUT2D eigenvalue weighted by atomic mass is 32.1. The monoisotopic (exact) mass is 379 g/mol. The van der Waals surface area contributed by atoms with Crippen molar-refractivity contribution in [1.82, 2.24) is 20.4 Å². The summed E-state index contributed by atoms with van der Waals surface area (Å²) >= 11 is 1.56. The summed E-state index contributed by atoms with van der Waals surface area (Å²) in [6.45, 7) is 4.89. The number of hydrogen-bond acceptors (Lipinski definition) is 5. The average molecular weight is 380 g/mol. The average Bonchev–Trinajstić information content (AvgIpc) is 3.29. The Hall–Kier alpha value is -2.77. The van der Waals surface area contributed by atoms with E-state index >= 15 is 0 Å². The van der Waals surface area contributed by atoms with E-state index in [4.69, 9.17) is 0 Å². The Balaban J connectivity index is 1.40. The maximum Gasteiger partial charge on any atom is 0.206 e. The quantitative estimate of drug-likeness (QED) is 0.480. The molecule has 7 heteroatoms. The van der Waals surface area contributed by atoms with Crippen LogP contribution in [0, 0.1) is 13.8 Å². The minimum Gasteiger partial charge on any atom is -0.354 e. The Kier molecular flexibility index (Phi) is 4.87. The number of anilines is 1. The van der Waals surface area contributed by atoms with Gasteiger partial charge in [0.25, 0.3) is 0 Å². The molecular weight excluding hydrogens is 356 g/mol. The van der Waals surface area contributed by atoms with E-state index in [0.29, 0.717) is 0 Å². The van der Waals surface area contributed by atoms with Crippen LogP contribution in [0.25, 0.3) is 21.5 Å². The van der Waals surface area contributed by atoms with Gasteiger partial charge in [0, 0.05) is 23.1 Å². The van der Waals surface area contributed by atoms with Crippen molar-refractivity contribution >= 4 is 27.4 Å². The smallest absolute Gasteiger partial charge is 0.206 e. The van der Waals surface area contributed by atoms with E-state index in [2.05, 4.69) is 68.7 Å². The number of nitrogens with zero attached hydrogens (tertiary/aromatic N) is 3. The molecule has 2 aromatic carbocycles. The fraction of sp³-hybridized carbons (Fsp3) is 0.250. The number of nitrogens with one attached hydrogen (secondary N) is 2. The van der Waals surface area contributed by atoms with E-state index in [1.165, 1.54) is 11.1 Å². The van der Waals surface area contributed by atoms with E-state index in [0.717, 1.165) is 45.3 Å². The second-order valence-corrected chi connectivity index (χ2v) is 7.91. The Morgan fingerprint density at radius 2 is 1.93 bits per heavy atom. The van der Waals surface area contributed by atoms with Crippen LogP contribution in [0.1, 0.15) is 16.8 Å². The summed E-state index contributed by atoms with van der Waals surface area (Å²) in [7, 11) is 0. The zero-order valence-electron chi connectivity index (χ0n) is 15.5. The van der Waals surface area contributed by atoms with Crippen LogP contribution in [0.5, 0.6) is 0 Å². The van der Waals surface area contributed by atoms with Crippen LogP contribution in [-0.4, -0.2) is 33.0 Å². The van der Waals surface area contributed by atoms with Crippen LogP contribution in [0.4, 0.5) is 5.13 Å². The third-order valence-corrected chi connectivity index (χ3v) is 5.53. The number of aromatic amines is 1. The molecule has 0 bridgehead atoms.